The summed E-state index contributed by atoms with van der Waals surface area (Å²) in [5, 5.41) is 10.0. The molecule has 0 fully saturated rings. The molecule has 0 aliphatic carbocycles. The van der Waals surface area contributed by atoms with Crippen molar-refractivity contribution < 1.29 is 9.53 Å². The number of unbranched alkanes of at least 4 members (excludes halogenated alkanes) is 1. The van der Waals surface area contributed by atoms with Crippen molar-refractivity contribution in [3.63, 3.8) is 0 Å². The second-order valence-corrected chi connectivity index (χ2v) is 5.74. The molecule has 2 heterocycles. The molecule has 0 bridgehead atoms. The second kappa shape index (κ2) is 8.19. The zero-order valence-electron chi connectivity index (χ0n) is 14.2. The molecule has 130 valence electrons. The quantitative estimate of drug-likeness (QED) is 0.643. The van der Waals surface area contributed by atoms with Gasteiger partial charge in [0.1, 0.15) is 5.75 Å². The fourth-order valence-corrected chi connectivity index (χ4v) is 2.39. The first-order valence-electron chi connectivity index (χ1n) is 8.45. The molecule has 3 rings (SSSR count). The Morgan fingerprint density at radius 1 is 1.20 bits per heavy atom. The van der Waals surface area contributed by atoms with Crippen LogP contribution in [0.2, 0.25) is 0 Å². The van der Waals surface area contributed by atoms with Crippen molar-refractivity contribution in [3.05, 3.63) is 60.4 Å². The van der Waals surface area contributed by atoms with Crippen molar-refractivity contribution in [1.82, 2.24) is 14.9 Å². The minimum absolute atomic E-state index is 0.267. The summed E-state index contributed by atoms with van der Waals surface area (Å²) >= 11 is 0. The standard InChI is InChI=1S/C19H22N4O2/c1-2-3-12-25-18-9-7-15(8-10-18)21-19(24)20-14-16-13-17-6-4-5-11-23(17)22-16/h4-11,13H,2-3,12,14H2,1H3,(H2,20,21,24). The lowest BCUT2D eigenvalue weighted by atomic mass is 10.3. The summed E-state index contributed by atoms with van der Waals surface area (Å²) in [5.74, 6) is 0.809. The number of amides is 2. The summed E-state index contributed by atoms with van der Waals surface area (Å²) in [4.78, 5) is 12.0. The van der Waals surface area contributed by atoms with Crippen molar-refractivity contribution in [3.8, 4) is 5.75 Å². The van der Waals surface area contributed by atoms with Crippen LogP contribution >= 0.6 is 0 Å². The topological polar surface area (TPSA) is 67.7 Å². The number of hydrogen-bond donors (Lipinski definition) is 2. The molecule has 2 aromatic heterocycles. The summed E-state index contributed by atoms with van der Waals surface area (Å²) in [6, 6.07) is 14.9. The van der Waals surface area contributed by atoms with Gasteiger partial charge in [-0.15, -0.1) is 0 Å². The molecule has 0 aliphatic heterocycles. The highest BCUT2D eigenvalue weighted by Gasteiger charge is 2.05. The maximum atomic E-state index is 12.0. The molecule has 2 N–H and O–H groups in total. The van der Waals surface area contributed by atoms with Gasteiger partial charge in [-0.3, -0.25) is 0 Å². The summed E-state index contributed by atoms with van der Waals surface area (Å²) in [6.07, 6.45) is 4.01. The second-order valence-electron chi connectivity index (χ2n) is 5.74. The van der Waals surface area contributed by atoms with E-state index in [9.17, 15) is 4.79 Å². The first-order valence-corrected chi connectivity index (χ1v) is 8.45. The fraction of sp³-hybridized carbons (Fsp3) is 0.263. The van der Waals surface area contributed by atoms with Crippen molar-refractivity contribution in [1.29, 1.82) is 0 Å². The summed E-state index contributed by atoms with van der Waals surface area (Å²) < 4.78 is 7.39. The molecule has 0 aliphatic rings. The summed E-state index contributed by atoms with van der Waals surface area (Å²) in [5.41, 5.74) is 2.52. The van der Waals surface area contributed by atoms with Crippen LogP contribution in [0.1, 0.15) is 25.5 Å². The number of rotatable bonds is 7. The number of aromatic nitrogens is 2. The first-order chi connectivity index (χ1) is 12.2. The van der Waals surface area contributed by atoms with Crippen LogP contribution in [-0.4, -0.2) is 22.3 Å². The Morgan fingerprint density at radius 3 is 2.80 bits per heavy atom. The Kier molecular flexibility index (Phi) is 5.51. The number of nitrogens with one attached hydrogen (secondary N) is 2. The van der Waals surface area contributed by atoms with Crippen LogP contribution in [0.4, 0.5) is 10.5 Å². The van der Waals surface area contributed by atoms with Crippen LogP contribution in [0, 0.1) is 0 Å². The van der Waals surface area contributed by atoms with Gasteiger partial charge in [0.05, 0.1) is 24.4 Å². The van der Waals surface area contributed by atoms with Crippen LogP contribution in [0.3, 0.4) is 0 Å². The number of nitrogens with zero attached hydrogens (tertiary/aromatic N) is 2. The van der Waals surface area contributed by atoms with E-state index in [1.54, 1.807) is 4.52 Å². The Morgan fingerprint density at radius 2 is 2.04 bits per heavy atom. The lowest BCUT2D eigenvalue weighted by molar-refractivity contribution is 0.251. The van der Waals surface area contributed by atoms with Crippen LogP contribution < -0.4 is 15.4 Å². The lowest BCUT2D eigenvalue weighted by Crippen LogP contribution is -2.28. The van der Waals surface area contributed by atoms with Gasteiger partial charge in [-0.05, 0) is 48.9 Å². The van der Waals surface area contributed by atoms with E-state index < -0.39 is 0 Å². The molecule has 1 aromatic carbocycles. The largest absolute Gasteiger partial charge is 0.494 e. The molecule has 0 radical (unpaired) electrons. The first kappa shape index (κ1) is 16.8. The van der Waals surface area contributed by atoms with Gasteiger partial charge in [-0.2, -0.15) is 5.10 Å². The van der Waals surface area contributed by atoms with E-state index in [1.807, 2.05) is 54.7 Å². The monoisotopic (exact) mass is 338 g/mol. The molecule has 25 heavy (non-hydrogen) atoms. The third-order valence-electron chi connectivity index (χ3n) is 3.73. The van der Waals surface area contributed by atoms with Gasteiger partial charge >= 0.3 is 6.03 Å². The number of hydrogen-bond acceptors (Lipinski definition) is 3. The maximum absolute atomic E-state index is 12.0. The van der Waals surface area contributed by atoms with Crippen molar-refractivity contribution in [2.24, 2.45) is 0 Å². The Hall–Kier alpha value is -3.02. The molecule has 2 amide bonds. The van der Waals surface area contributed by atoms with E-state index in [4.69, 9.17) is 4.74 Å². The Labute approximate surface area is 146 Å². The van der Waals surface area contributed by atoms with Crippen molar-refractivity contribution >= 4 is 17.2 Å². The van der Waals surface area contributed by atoms with Crippen LogP contribution in [0.25, 0.3) is 5.52 Å². The molecule has 0 spiro atoms. The van der Waals surface area contributed by atoms with Gasteiger partial charge in [0.25, 0.3) is 0 Å². The van der Waals surface area contributed by atoms with Gasteiger partial charge in [0.15, 0.2) is 0 Å². The Bertz CT molecular complexity index is 794. The predicted molar refractivity (Wildman–Crippen MR) is 97.9 cm³/mol. The average Bonchev–Trinajstić information content (AvgIpc) is 3.05. The van der Waals surface area contributed by atoms with Crippen LogP contribution in [0.5, 0.6) is 5.75 Å². The van der Waals surface area contributed by atoms with Crippen LogP contribution in [-0.2, 0) is 6.54 Å². The summed E-state index contributed by atoms with van der Waals surface area (Å²) in [6.45, 7) is 3.20. The number of carbonyl (C=O) groups excluding carboxylic acids is 1. The third-order valence-corrected chi connectivity index (χ3v) is 3.73. The van der Waals surface area contributed by atoms with E-state index in [0.717, 1.165) is 35.5 Å². The number of pyridine rings is 1. The molecule has 0 saturated heterocycles. The molecular formula is C19H22N4O2. The molecule has 6 nitrogen and oxygen atoms in total. The molecular weight excluding hydrogens is 316 g/mol. The predicted octanol–water partition coefficient (Wildman–Crippen LogP) is 3.83. The number of urea groups is 1. The molecule has 0 saturated carbocycles. The highest BCUT2D eigenvalue weighted by Crippen LogP contribution is 2.16. The molecule has 0 unspecified atom stereocenters. The minimum Gasteiger partial charge on any atom is -0.494 e. The van der Waals surface area contributed by atoms with Gasteiger partial charge < -0.3 is 15.4 Å². The van der Waals surface area contributed by atoms with E-state index in [0.29, 0.717) is 13.2 Å². The highest BCUT2D eigenvalue weighted by atomic mass is 16.5. The zero-order chi connectivity index (χ0) is 17.5. The number of anilines is 1. The number of carbonyl (C=O) groups is 1. The summed E-state index contributed by atoms with van der Waals surface area (Å²) in [7, 11) is 0. The van der Waals surface area contributed by atoms with Gasteiger partial charge in [-0.25, -0.2) is 9.31 Å². The van der Waals surface area contributed by atoms with Crippen LogP contribution in [0.15, 0.2) is 54.7 Å². The average molecular weight is 338 g/mol. The number of ether oxygens (including phenoxy) is 1. The molecule has 3 aromatic rings. The highest BCUT2D eigenvalue weighted by molar-refractivity contribution is 5.89. The normalized spacial score (nSPS) is 10.6. The lowest BCUT2D eigenvalue weighted by Gasteiger charge is -2.08. The van der Waals surface area contributed by atoms with Gasteiger partial charge in [-0.1, -0.05) is 19.4 Å². The Balaban J connectivity index is 1.48. The molecule has 0 atom stereocenters. The van der Waals surface area contributed by atoms with Gasteiger partial charge in [0.2, 0.25) is 0 Å². The van der Waals surface area contributed by atoms with E-state index in [2.05, 4.69) is 22.7 Å². The SMILES string of the molecule is CCCCOc1ccc(NC(=O)NCc2cc3ccccn3n2)cc1. The number of fused-ring (bicyclic) bond motifs is 1. The van der Waals surface area contributed by atoms with Gasteiger partial charge in [0, 0.05) is 11.9 Å². The van der Waals surface area contributed by atoms with E-state index >= 15 is 0 Å². The number of benzene rings is 1. The van der Waals surface area contributed by atoms with Crippen molar-refractivity contribution in [2.75, 3.05) is 11.9 Å². The smallest absolute Gasteiger partial charge is 0.319 e. The fourth-order valence-electron chi connectivity index (χ4n) is 2.39. The minimum atomic E-state index is -0.267. The van der Waals surface area contributed by atoms with E-state index in [1.165, 1.54) is 0 Å². The maximum Gasteiger partial charge on any atom is 0.319 e. The van der Waals surface area contributed by atoms with E-state index in [-0.39, 0.29) is 6.03 Å². The zero-order valence-corrected chi connectivity index (χ0v) is 14.2. The third kappa shape index (κ3) is 4.73. The molecule has 6 heteroatoms. The van der Waals surface area contributed by atoms with Crippen molar-refractivity contribution in [2.45, 2.75) is 26.3 Å².